The molecule has 0 spiro atoms. The van der Waals surface area contributed by atoms with Crippen LogP contribution in [0.5, 0.6) is 0 Å². The van der Waals surface area contributed by atoms with Crippen molar-refractivity contribution in [3.8, 4) is 0 Å². The molecule has 0 bridgehead atoms. The van der Waals surface area contributed by atoms with Crippen molar-refractivity contribution in [3.63, 3.8) is 0 Å². The van der Waals surface area contributed by atoms with Crippen LogP contribution in [0, 0.1) is 23.7 Å². The van der Waals surface area contributed by atoms with E-state index < -0.39 is 0 Å². The van der Waals surface area contributed by atoms with Gasteiger partial charge in [0.25, 0.3) is 0 Å². The molecule has 14 heavy (non-hydrogen) atoms. The average Bonchev–Trinajstić information content (AvgIpc) is 2.70. The highest BCUT2D eigenvalue weighted by Gasteiger charge is 2.55. The fourth-order valence-corrected chi connectivity index (χ4v) is 4.17. The lowest BCUT2D eigenvalue weighted by Gasteiger charge is -2.17. The first-order valence-electron chi connectivity index (χ1n) is 6.56. The number of hydrogen-bond donors (Lipinski definition) is 1. The van der Waals surface area contributed by atoms with Crippen molar-refractivity contribution in [2.75, 3.05) is 0 Å². The molecule has 1 nitrogen and oxygen atoms in total. The highest BCUT2D eigenvalue weighted by molar-refractivity contribution is 5.04. The molecule has 0 aromatic carbocycles. The summed E-state index contributed by atoms with van der Waals surface area (Å²) >= 11 is 0. The van der Waals surface area contributed by atoms with E-state index >= 15 is 0 Å². The van der Waals surface area contributed by atoms with E-state index in [1.807, 2.05) is 0 Å². The summed E-state index contributed by atoms with van der Waals surface area (Å²) < 4.78 is 0. The Bertz CT molecular complexity index is 195. The maximum atomic E-state index is 10.3. The summed E-state index contributed by atoms with van der Waals surface area (Å²) in [5, 5.41) is 10.3. The van der Waals surface area contributed by atoms with E-state index in [2.05, 4.69) is 0 Å². The van der Waals surface area contributed by atoms with Gasteiger partial charge in [-0.1, -0.05) is 25.7 Å². The smallest absolute Gasteiger partial charge is 0.0602 e. The maximum absolute atomic E-state index is 10.3. The Morgan fingerprint density at radius 3 is 1.86 bits per heavy atom. The molecule has 3 aliphatic rings. The number of aliphatic hydroxyl groups is 1. The van der Waals surface area contributed by atoms with Crippen molar-refractivity contribution in [2.45, 2.75) is 57.5 Å². The predicted octanol–water partition coefficient (Wildman–Crippen LogP) is 2.97. The molecule has 1 N–H and O–H groups in total. The molecule has 0 saturated heterocycles. The molecule has 0 heterocycles. The Hall–Kier alpha value is -0.0400. The number of aliphatic hydroxyl groups excluding tert-OH is 1. The minimum atomic E-state index is 0.0746. The maximum Gasteiger partial charge on any atom is 0.0602 e. The monoisotopic (exact) mass is 194 g/mol. The van der Waals surface area contributed by atoms with Crippen LogP contribution in [0.15, 0.2) is 0 Å². The van der Waals surface area contributed by atoms with Gasteiger partial charge in [0, 0.05) is 0 Å². The second-order valence-electron chi connectivity index (χ2n) is 5.72. The van der Waals surface area contributed by atoms with E-state index in [1.165, 1.54) is 51.4 Å². The number of fused-ring (bicyclic) bond motifs is 1. The van der Waals surface area contributed by atoms with Gasteiger partial charge in [-0.25, -0.2) is 0 Å². The molecule has 0 aromatic rings. The zero-order valence-corrected chi connectivity index (χ0v) is 8.99. The summed E-state index contributed by atoms with van der Waals surface area (Å²) in [6.45, 7) is 0. The largest absolute Gasteiger partial charge is 0.393 e. The van der Waals surface area contributed by atoms with Gasteiger partial charge in [-0.2, -0.15) is 0 Å². The summed E-state index contributed by atoms with van der Waals surface area (Å²) in [7, 11) is 0. The molecular formula is C13H22O. The third kappa shape index (κ3) is 1.41. The number of rotatable bonds is 2. The first-order valence-corrected chi connectivity index (χ1v) is 6.56. The molecule has 3 unspecified atom stereocenters. The molecule has 3 saturated carbocycles. The van der Waals surface area contributed by atoms with Crippen molar-refractivity contribution in [2.24, 2.45) is 23.7 Å². The molecule has 3 atom stereocenters. The minimum absolute atomic E-state index is 0.0746. The summed E-state index contributed by atoms with van der Waals surface area (Å²) in [4.78, 5) is 0. The normalized spacial score (nSPS) is 44.8. The second-order valence-corrected chi connectivity index (χ2v) is 5.72. The van der Waals surface area contributed by atoms with Gasteiger partial charge >= 0.3 is 0 Å². The number of hydrogen-bond acceptors (Lipinski definition) is 1. The third-order valence-corrected chi connectivity index (χ3v) is 5.00. The molecular weight excluding hydrogens is 172 g/mol. The summed E-state index contributed by atoms with van der Waals surface area (Å²) in [6, 6.07) is 0. The van der Waals surface area contributed by atoms with Crippen molar-refractivity contribution >= 4 is 0 Å². The SMILES string of the molecule is OC(C1CCCC1)C1C2CCCCC21. The van der Waals surface area contributed by atoms with Crippen LogP contribution in [-0.2, 0) is 0 Å². The molecule has 1 heteroatoms. The van der Waals surface area contributed by atoms with Crippen LogP contribution in [0.1, 0.15) is 51.4 Å². The van der Waals surface area contributed by atoms with Crippen LogP contribution in [-0.4, -0.2) is 11.2 Å². The van der Waals surface area contributed by atoms with Crippen molar-refractivity contribution in [3.05, 3.63) is 0 Å². The van der Waals surface area contributed by atoms with Crippen LogP contribution in [0.25, 0.3) is 0 Å². The van der Waals surface area contributed by atoms with Gasteiger partial charge in [-0.05, 0) is 49.4 Å². The van der Waals surface area contributed by atoms with Crippen molar-refractivity contribution < 1.29 is 5.11 Å². The van der Waals surface area contributed by atoms with Gasteiger partial charge < -0.3 is 5.11 Å². The Morgan fingerprint density at radius 1 is 0.786 bits per heavy atom. The lowest BCUT2D eigenvalue weighted by atomic mass is 9.95. The summed E-state index contributed by atoms with van der Waals surface area (Å²) in [5.74, 6) is 3.25. The Balaban J connectivity index is 1.60. The fraction of sp³-hybridized carbons (Fsp3) is 1.00. The molecule has 0 radical (unpaired) electrons. The van der Waals surface area contributed by atoms with Crippen LogP contribution in [0.2, 0.25) is 0 Å². The van der Waals surface area contributed by atoms with E-state index in [-0.39, 0.29) is 6.10 Å². The van der Waals surface area contributed by atoms with E-state index in [4.69, 9.17) is 0 Å². The van der Waals surface area contributed by atoms with Crippen molar-refractivity contribution in [1.82, 2.24) is 0 Å². The van der Waals surface area contributed by atoms with Gasteiger partial charge in [-0.15, -0.1) is 0 Å². The van der Waals surface area contributed by atoms with E-state index in [9.17, 15) is 5.11 Å². The first kappa shape index (κ1) is 9.21. The van der Waals surface area contributed by atoms with E-state index in [0.717, 1.165) is 17.8 Å². The predicted molar refractivity (Wildman–Crippen MR) is 56.9 cm³/mol. The molecule has 80 valence electrons. The standard InChI is InChI=1S/C13H22O/c14-13(9-5-1-2-6-9)12-10-7-3-4-8-11(10)12/h9-14H,1-8H2. The Kier molecular flexibility index (Phi) is 2.31. The van der Waals surface area contributed by atoms with Gasteiger partial charge in [0.15, 0.2) is 0 Å². The summed E-state index contributed by atoms with van der Waals surface area (Å²) in [5.41, 5.74) is 0. The topological polar surface area (TPSA) is 20.2 Å². The first-order chi connectivity index (χ1) is 6.88. The molecule has 0 aromatic heterocycles. The zero-order chi connectivity index (χ0) is 9.54. The highest BCUT2D eigenvalue weighted by atomic mass is 16.3. The molecule has 0 amide bonds. The van der Waals surface area contributed by atoms with Gasteiger partial charge in [0.05, 0.1) is 6.10 Å². The van der Waals surface area contributed by atoms with Crippen molar-refractivity contribution in [1.29, 1.82) is 0 Å². The Labute approximate surface area is 86.9 Å². The highest BCUT2D eigenvalue weighted by Crippen LogP contribution is 2.58. The molecule has 0 aliphatic heterocycles. The van der Waals surface area contributed by atoms with Gasteiger partial charge in [0.2, 0.25) is 0 Å². The Morgan fingerprint density at radius 2 is 1.29 bits per heavy atom. The fourth-order valence-electron chi connectivity index (χ4n) is 4.17. The van der Waals surface area contributed by atoms with Crippen LogP contribution in [0.4, 0.5) is 0 Å². The lowest BCUT2D eigenvalue weighted by molar-refractivity contribution is 0.0801. The quantitative estimate of drug-likeness (QED) is 0.716. The lowest BCUT2D eigenvalue weighted by Crippen LogP contribution is -2.21. The van der Waals surface area contributed by atoms with E-state index in [1.54, 1.807) is 0 Å². The van der Waals surface area contributed by atoms with Crippen LogP contribution in [0.3, 0.4) is 0 Å². The molecule has 3 aliphatic carbocycles. The average molecular weight is 194 g/mol. The minimum Gasteiger partial charge on any atom is -0.393 e. The van der Waals surface area contributed by atoms with Gasteiger partial charge in [-0.3, -0.25) is 0 Å². The second kappa shape index (κ2) is 3.52. The molecule has 3 fully saturated rings. The van der Waals surface area contributed by atoms with Gasteiger partial charge in [0.1, 0.15) is 0 Å². The van der Waals surface area contributed by atoms with Crippen LogP contribution < -0.4 is 0 Å². The van der Waals surface area contributed by atoms with E-state index in [0.29, 0.717) is 5.92 Å². The third-order valence-electron chi connectivity index (χ3n) is 5.00. The van der Waals surface area contributed by atoms with Crippen LogP contribution >= 0.6 is 0 Å². The zero-order valence-electron chi connectivity index (χ0n) is 8.99. The molecule has 3 rings (SSSR count). The summed E-state index contributed by atoms with van der Waals surface area (Å²) in [6.07, 6.45) is 11.1.